The maximum Gasteiger partial charge on any atom is 0.270 e. The Morgan fingerprint density at radius 1 is 1.16 bits per heavy atom. The predicted molar refractivity (Wildman–Crippen MR) is 90.3 cm³/mol. The third-order valence-electron chi connectivity index (χ3n) is 4.08. The summed E-state index contributed by atoms with van der Waals surface area (Å²) in [5.74, 6) is 0.640. The Morgan fingerprint density at radius 3 is 2.48 bits per heavy atom. The SMILES string of the molecule is COc1cc2c(cc1OC)C(=O)C(=Cc1cc([N+](=O)[O-])ccc1O)C2. The summed E-state index contributed by atoms with van der Waals surface area (Å²) in [4.78, 5) is 23.0. The number of allylic oxidation sites excluding steroid dienone is 1. The fourth-order valence-electron chi connectivity index (χ4n) is 2.81. The molecule has 7 nitrogen and oxygen atoms in total. The quantitative estimate of drug-likeness (QED) is 0.521. The van der Waals surface area contributed by atoms with Gasteiger partial charge in [0, 0.05) is 35.3 Å². The molecule has 0 atom stereocenters. The first-order valence-corrected chi connectivity index (χ1v) is 7.42. The number of hydrogen-bond donors (Lipinski definition) is 1. The fourth-order valence-corrected chi connectivity index (χ4v) is 2.81. The molecule has 2 aromatic carbocycles. The second-order valence-corrected chi connectivity index (χ2v) is 5.54. The van der Waals surface area contributed by atoms with Crippen molar-refractivity contribution < 1.29 is 24.3 Å². The fraction of sp³-hybridized carbons (Fsp3) is 0.167. The zero-order valence-corrected chi connectivity index (χ0v) is 13.6. The molecule has 0 saturated heterocycles. The van der Waals surface area contributed by atoms with Gasteiger partial charge in [0.05, 0.1) is 19.1 Å². The Kier molecular flexibility index (Phi) is 4.14. The van der Waals surface area contributed by atoms with Crippen LogP contribution in [0.3, 0.4) is 0 Å². The number of carbonyl (C=O) groups is 1. The summed E-state index contributed by atoms with van der Waals surface area (Å²) in [7, 11) is 3.00. The summed E-state index contributed by atoms with van der Waals surface area (Å²) < 4.78 is 10.5. The van der Waals surface area contributed by atoms with Crippen LogP contribution in [0.2, 0.25) is 0 Å². The molecule has 0 unspecified atom stereocenters. The number of methoxy groups -OCH3 is 2. The number of carbonyl (C=O) groups excluding carboxylic acids is 1. The van der Waals surface area contributed by atoms with Crippen molar-refractivity contribution in [3.8, 4) is 17.2 Å². The highest BCUT2D eigenvalue weighted by molar-refractivity contribution is 6.16. The maximum absolute atomic E-state index is 12.6. The van der Waals surface area contributed by atoms with Crippen molar-refractivity contribution in [2.45, 2.75) is 6.42 Å². The number of hydrogen-bond acceptors (Lipinski definition) is 6. The lowest BCUT2D eigenvalue weighted by atomic mass is 10.1. The second kappa shape index (κ2) is 6.27. The van der Waals surface area contributed by atoms with E-state index >= 15 is 0 Å². The van der Waals surface area contributed by atoms with Crippen molar-refractivity contribution in [2.75, 3.05) is 14.2 Å². The van der Waals surface area contributed by atoms with Gasteiger partial charge in [-0.15, -0.1) is 0 Å². The van der Waals surface area contributed by atoms with E-state index in [2.05, 4.69) is 0 Å². The van der Waals surface area contributed by atoms with Crippen molar-refractivity contribution in [1.29, 1.82) is 0 Å². The summed E-state index contributed by atoms with van der Waals surface area (Å²) in [6.45, 7) is 0. The van der Waals surface area contributed by atoms with Gasteiger partial charge in [0.1, 0.15) is 5.75 Å². The number of benzene rings is 2. The van der Waals surface area contributed by atoms with Crippen LogP contribution in [0.15, 0.2) is 35.9 Å². The average molecular weight is 341 g/mol. The molecule has 7 heteroatoms. The van der Waals surface area contributed by atoms with Gasteiger partial charge >= 0.3 is 0 Å². The Bertz CT molecular complexity index is 916. The Balaban J connectivity index is 2.03. The molecule has 1 N–H and O–H groups in total. The van der Waals surface area contributed by atoms with Gasteiger partial charge in [-0.2, -0.15) is 0 Å². The lowest BCUT2D eigenvalue weighted by molar-refractivity contribution is -0.384. The van der Waals surface area contributed by atoms with Crippen molar-refractivity contribution in [1.82, 2.24) is 0 Å². The summed E-state index contributed by atoms with van der Waals surface area (Å²) in [6, 6.07) is 7.03. The third-order valence-corrected chi connectivity index (χ3v) is 4.08. The van der Waals surface area contributed by atoms with Crippen LogP contribution in [-0.2, 0) is 6.42 Å². The van der Waals surface area contributed by atoms with E-state index in [9.17, 15) is 20.0 Å². The van der Waals surface area contributed by atoms with Crippen LogP contribution in [0, 0.1) is 10.1 Å². The zero-order valence-electron chi connectivity index (χ0n) is 13.6. The number of rotatable bonds is 4. The molecule has 128 valence electrons. The minimum Gasteiger partial charge on any atom is -0.507 e. The molecule has 0 fully saturated rings. The van der Waals surface area contributed by atoms with Gasteiger partial charge in [0.25, 0.3) is 5.69 Å². The number of nitrogens with zero attached hydrogens (tertiary/aromatic N) is 1. The standard InChI is InChI=1S/C18H15NO6/c1-24-16-8-10-5-12(18(21)14(10)9-17(16)25-2)6-11-7-13(19(22)23)3-4-15(11)20/h3-4,6-9,20H,5H2,1-2H3. The highest BCUT2D eigenvalue weighted by Crippen LogP contribution is 2.37. The summed E-state index contributed by atoms with van der Waals surface area (Å²) in [5.41, 5.74) is 1.77. The molecular formula is C18H15NO6. The van der Waals surface area contributed by atoms with Gasteiger partial charge in [-0.25, -0.2) is 0 Å². The lowest BCUT2D eigenvalue weighted by Crippen LogP contribution is -1.98. The number of non-ortho nitro benzene ring substituents is 1. The number of nitro benzene ring substituents is 1. The summed E-state index contributed by atoms with van der Waals surface area (Å²) in [6.07, 6.45) is 1.82. The minimum atomic E-state index is -0.553. The van der Waals surface area contributed by atoms with Gasteiger partial charge in [-0.1, -0.05) is 0 Å². The maximum atomic E-state index is 12.6. The molecule has 25 heavy (non-hydrogen) atoms. The predicted octanol–water partition coefficient (Wildman–Crippen LogP) is 3.14. The number of phenols is 1. The Morgan fingerprint density at radius 2 is 1.84 bits per heavy atom. The number of phenolic OH excluding ortho intramolecular Hbond substituents is 1. The third kappa shape index (κ3) is 2.91. The van der Waals surface area contributed by atoms with E-state index in [0.717, 1.165) is 5.56 Å². The highest BCUT2D eigenvalue weighted by atomic mass is 16.6. The van der Waals surface area contributed by atoms with Gasteiger partial charge in [-0.3, -0.25) is 14.9 Å². The molecule has 0 spiro atoms. The van der Waals surface area contributed by atoms with Crippen LogP contribution in [-0.4, -0.2) is 30.0 Å². The van der Waals surface area contributed by atoms with E-state index in [-0.39, 0.29) is 22.8 Å². The molecule has 1 aliphatic rings. The van der Waals surface area contributed by atoms with Crippen LogP contribution in [0.1, 0.15) is 21.5 Å². The molecule has 0 aromatic heterocycles. The van der Waals surface area contributed by atoms with E-state index < -0.39 is 4.92 Å². The molecule has 3 rings (SSSR count). The highest BCUT2D eigenvalue weighted by Gasteiger charge is 2.27. The lowest BCUT2D eigenvalue weighted by Gasteiger charge is -2.08. The van der Waals surface area contributed by atoms with Crippen LogP contribution >= 0.6 is 0 Å². The number of aromatic hydroxyl groups is 1. The topological polar surface area (TPSA) is 98.9 Å². The van der Waals surface area contributed by atoms with Crippen molar-refractivity contribution in [3.05, 3.63) is 62.7 Å². The molecule has 0 radical (unpaired) electrons. The number of Topliss-reactive ketones (excluding diaryl/α,β-unsaturated/α-hetero) is 1. The molecule has 0 aliphatic heterocycles. The molecule has 2 aromatic rings. The Hall–Kier alpha value is -3.35. The average Bonchev–Trinajstić information content (AvgIpc) is 2.90. The van der Waals surface area contributed by atoms with Gasteiger partial charge in [0.15, 0.2) is 17.3 Å². The van der Waals surface area contributed by atoms with Gasteiger partial charge < -0.3 is 14.6 Å². The number of nitro groups is 1. The van der Waals surface area contributed by atoms with E-state index in [1.54, 1.807) is 12.1 Å². The van der Waals surface area contributed by atoms with Crippen molar-refractivity contribution in [2.24, 2.45) is 0 Å². The van der Waals surface area contributed by atoms with E-state index in [4.69, 9.17) is 9.47 Å². The first kappa shape index (κ1) is 16.5. The first-order chi connectivity index (χ1) is 11.9. The normalized spacial score (nSPS) is 14.5. The molecule has 0 bridgehead atoms. The molecule has 1 aliphatic carbocycles. The van der Waals surface area contributed by atoms with E-state index in [1.165, 1.54) is 38.5 Å². The van der Waals surface area contributed by atoms with Crippen LogP contribution in [0.4, 0.5) is 5.69 Å². The van der Waals surface area contributed by atoms with Crippen molar-refractivity contribution in [3.63, 3.8) is 0 Å². The summed E-state index contributed by atoms with van der Waals surface area (Å²) in [5, 5.41) is 20.8. The van der Waals surface area contributed by atoms with Gasteiger partial charge in [-0.05, 0) is 29.8 Å². The first-order valence-electron chi connectivity index (χ1n) is 7.42. The minimum absolute atomic E-state index is 0.128. The largest absolute Gasteiger partial charge is 0.507 e. The number of ether oxygens (including phenoxy) is 2. The van der Waals surface area contributed by atoms with Crippen molar-refractivity contribution >= 4 is 17.5 Å². The van der Waals surface area contributed by atoms with E-state index in [1.807, 2.05) is 0 Å². The van der Waals surface area contributed by atoms with E-state index in [0.29, 0.717) is 29.1 Å². The monoisotopic (exact) mass is 341 g/mol. The number of ketones is 1. The summed E-state index contributed by atoms with van der Waals surface area (Å²) >= 11 is 0. The van der Waals surface area contributed by atoms with Crippen LogP contribution < -0.4 is 9.47 Å². The van der Waals surface area contributed by atoms with Gasteiger partial charge in [0.2, 0.25) is 0 Å². The molecule has 0 heterocycles. The number of fused-ring (bicyclic) bond motifs is 1. The molecule has 0 amide bonds. The van der Waals surface area contributed by atoms with Crippen LogP contribution in [0.25, 0.3) is 6.08 Å². The molecule has 0 saturated carbocycles. The second-order valence-electron chi connectivity index (χ2n) is 5.54. The Labute approximate surface area is 143 Å². The smallest absolute Gasteiger partial charge is 0.270 e. The zero-order chi connectivity index (χ0) is 18.1. The van der Waals surface area contributed by atoms with Crippen LogP contribution in [0.5, 0.6) is 17.2 Å². The molecular weight excluding hydrogens is 326 g/mol.